The van der Waals surface area contributed by atoms with Gasteiger partial charge in [0.05, 0.1) is 6.10 Å². The SMILES string of the molecule is O=C(NCC1CC1)c1cc(N2CC[C@H](O)C2)nc(N2CCC[C@H](c3ccccc3)C2)n1. The second-order valence-electron chi connectivity index (χ2n) is 9.15. The zero-order valence-electron chi connectivity index (χ0n) is 17.9. The molecule has 2 N–H and O–H groups in total. The summed E-state index contributed by atoms with van der Waals surface area (Å²) >= 11 is 0. The third-order valence-electron chi connectivity index (χ3n) is 6.64. The fourth-order valence-electron chi connectivity index (χ4n) is 4.60. The number of rotatable bonds is 6. The van der Waals surface area contributed by atoms with Gasteiger partial charge in [-0.2, -0.15) is 4.98 Å². The van der Waals surface area contributed by atoms with Crippen LogP contribution in [0.2, 0.25) is 0 Å². The number of aliphatic hydroxyl groups excluding tert-OH is 1. The number of amides is 1. The molecule has 1 amide bonds. The lowest BCUT2D eigenvalue weighted by Gasteiger charge is -2.33. The van der Waals surface area contributed by atoms with Gasteiger partial charge in [0.15, 0.2) is 0 Å². The first-order chi connectivity index (χ1) is 15.2. The van der Waals surface area contributed by atoms with Gasteiger partial charge in [-0.05, 0) is 43.6 Å². The summed E-state index contributed by atoms with van der Waals surface area (Å²) in [7, 11) is 0. The lowest BCUT2D eigenvalue weighted by molar-refractivity contribution is 0.0946. The maximum absolute atomic E-state index is 12.8. The molecule has 1 aliphatic carbocycles. The van der Waals surface area contributed by atoms with E-state index in [1.54, 1.807) is 6.07 Å². The Labute approximate surface area is 183 Å². The second kappa shape index (κ2) is 8.83. The highest BCUT2D eigenvalue weighted by Crippen LogP contribution is 2.30. The Hall–Kier alpha value is -2.67. The zero-order chi connectivity index (χ0) is 21.2. The number of hydrogen-bond donors (Lipinski definition) is 2. The van der Waals surface area contributed by atoms with Crippen molar-refractivity contribution in [3.63, 3.8) is 0 Å². The van der Waals surface area contributed by atoms with Crippen LogP contribution in [-0.4, -0.2) is 59.8 Å². The molecule has 7 nitrogen and oxygen atoms in total. The van der Waals surface area contributed by atoms with E-state index in [9.17, 15) is 9.90 Å². The van der Waals surface area contributed by atoms with Gasteiger partial charge < -0.3 is 20.2 Å². The number of β-amino-alcohol motifs (C(OH)–C–C–N with tert-alkyl or cyclic N) is 1. The molecule has 1 aromatic heterocycles. The fourth-order valence-corrected chi connectivity index (χ4v) is 4.60. The summed E-state index contributed by atoms with van der Waals surface area (Å²) in [5, 5.41) is 13.0. The molecule has 0 radical (unpaired) electrons. The van der Waals surface area contributed by atoms with E-state index in [2.05, 4.69) is 44.4 Å². The maximum Gasteiger partial charge on any atom is 0.270 e. The van der Waals surface area contributed by atoms with Gasteiger partial charge >= 0.3 is 0 Å². The van der Waals surface area contributed by atoms with Gasteiger partial charge in [0.2, 0.25) is 5.95 Å². The van der Waals surface area contributed by atoms with E-state index in [1.165, 1.54) is 18.4 Å². The van der Waals surface area contributed by atoms with Crippen molar-refractivity contribution in [2.75, 3.05) is 42.5 Å². The van der Waals surface area contributed by atoms with Crippen LogP contribution < -0.4 is 15.1 Å². The summed E-state index contributed by atoms with van der Waals surface area (Å²) < 4.78 is 0. The maximum atomic E-state index is 12.8. The predicted octanol–water partition coefficient (Wildman–Crippen LogP) is 2.57. The molecule has 3 fully saturated rings. The predicted molar refractivity (Wildman–Crippen MR) is 121 cm³/mol. The number of nitrogens with zero attached hydrogens (tertiary/aromatic N) is 4. The Kier molecular flexibility index (Phi) is 5.76. The van der Waals surface area contributed by atoms with E-state index in [4.69, 9.17) is 4.98 Å². The Balaban J connectivity index is 1.40. The van der Waals surface area contributed by atoms with Crippen molar-refractivity contribution >= 4 is 17.7 Å². The lowest BCUT2D eigenvalue weighted by atomic mass is 9.91. The number of anilines is 2. The first-order valence-electron chi connectivity index (χ1n) is 11.6. The second-order valence-corrected chi connectivity index (χ2v) is 9.15. The number of aromatic nitrogens is 2. The van der Waals surface area contributed by atoms with Crippen molar-refractivity contribution in [1.29, 1.82) is 0 Å². The van der Waals surface area contributed by atoms with Gasteiger partial charge in [-0.15, -0.1) is 0 Å². The molecular formula is C24H31N5O2. The number of carbonyl (C=O) groups excluding carboxylic acids is 1. The highest BCUT2D eigenvalue weighted by atomic mass is 16.3. The first kappa shape index (κ1) is 20.2. The molecule has 1 saturated carbocycles. The zero-order valence-corrected chi connectivity index (χ0v) is 17.9. The average molecular weight is 422 g/mol. The van der Waals surface area contributed by atoms with E-state index in [0.717, 1.165) is 51.3 Å². The van der Waals surface area contributed by atoms with Crippen molar-refractivity contribution in [1.82, 2.24) is 15.3 Å². The van der Waals surface area contributed by atoms with Crippen molar-refractivity contribution in [2.24, 2.45) is 5.92 Å². The number of benzene rings is 1. The molecule has 2 aromatic rings. The van der Waals surface area contributed by atoms with Crippen molar-refractivity contribution < 1.29 is 9.90 Å². The fraction of sp³-hybridized carbons (Fsp3) is 0.542. The lowest BCUT2D eigenvalue weighted by Crippen LogP contribution is -2.37. The molecule has 2 aliphatic heterocycles. The first-order valence-corrected chi connectivity index (χ1v) is 11.6. The minimum absolute atomic E-state index is 0.131. The normalized spacial score (nSPS) is 23.8. The smallest absolute Gasteiger partial charge is 0.270 e. The Morgan fingerprint density at radius 3 is 2.61 bits per heavy atom. The minimum Gasteiger partial charge on any atom is -0.391 e. The van der Waals surface area contributed by atoms with Gasteiger partial charge in [0.1, 0.15) is 11.5 Å². The van der Waals surface area contributed by atoms with Gasteiger partial charge in [-0.25, -0.2) is 4.98 Å². The summed E-state index contributed by atoms with van der Waals surface area (Å²) in [6.07, 6.45) is 4.99. The monoisotopic (exact) mass is 421 g/mol. The molecule has 164 valence electrons. The highest BCUT2D eigenvalue weighted by Gasteiger charge is 2.28. The third-order valence-corrected chi connectivity index (χ3v) is 6.64. The number of piperidine rings is 1. The molecular weight excluding hydrogens is 390 g/mol. The molecule has 0 bridgehead atoms. The third kappa shape index (κ3) is 4.82. The molecule has 3 heterocycles. The number of nitrogens with one attached hydrogen (secondary N) is 1. The molecule has 1 aromatic carbocycles. The number of aliphatic hydroxyl groups is 1. The molecule has 5 rings (SSSR count). The topological polar surface area (TPSA) is 81.6 Å². The molecule has 0 unspecified atom stereocenters. The van der Waals surface area contributed by atoms with Crippen LogP contribution in [0, 0.1) is 5.92 Å². The molecule has 2 atom stereocenters. The van der Waals surface area contributed by atoms with Gasteiger partial charge in [0, 0.05) is 44.7 Å². The molecule has 2 saturated heterocycles. The van der Waals surface area contributed by atoms with Crippen molar-refractivity contribution in [3.05, 3.63) is 47.7 Å². The van der Waals surface area contributed by atoms with Gasteiger partial charge in [-0.3, -0.25) is 4.79 Å². The highest BCUT2D eigenvalue weighted by molar-refractivity contribution is 5.93. The summed E-state index contributed by atoms with van der Waals surface area (Å²) in [5.41, 5.74) is 1.76. The van der Waals surface area contributed by atoms with E-state index >= 15 is 0 Å². The van der Waals surface area contributed by atoms with Crippen LogP contribution in [0.5, 0.6) is 0 Å². The molecule has 3 aliphatic rings. The Bertz CT molecular complexity index is 917. The standard InChI is InChI=1S/C24H31N5O2/c30-20-10-12-28(16-20)22-13-21(23(31)25-14-17-8-9-17)26-24(27-22)29-11-4-7-19(15-29)18-5-2-1-3-6-18/h1-3,5-6,13,17,19-20,30H,4,7-12,14-16H2,(H,25,31)/t19-,20-/m0/s1. The molecule has 31 heavy (non-hydrogen) atoms. The van der Waals surface area contributed by atoms with Crippen LogP contribution in [-0.2, 0) is 0 Å². The van der Waals surface area contributed by atoms with Crippen molar-refractivity contribution in [3.8, 4) is 0 Å². The van der Waals surface area contributed by atoms with Crippen LogP contribution in [0.25, 0.3) is 0 Å². The molecule has 7 heteroatoms. The minimum atomic E-state index is -0.344. The summed E-state index contributed by atoms with van der Waals surface area (Å²) in [5.74, 6) is 2.28. The average Bonchev–Trinajstić information content (AvgIpc) is 3.55. The van der Waals surface area contributed by atoms with Crippen LogP contribution in [0.4, 0.5) is 11.8 Å². The van der Waals surface area contributed by atoms with E-state index in [1.807, 2.05) is 6.07 Å². The molecule has 0 spiro atoms. The van der Waals surface area contributed by atoms with Gasteiger partial charge in [-0.1, -0.05) is 30.3 Å². The van der Waals surface area contributed by atoms with E-state index in [-0.39, 0.29) is 12.0 Å². The van der Waals surface area contributed by atoms with E-state index in [0.29, 0.717) is 30.0 Å². The summed E-state index contributed by atoms with van der Waals surface area (Å²) in [6, 6.07) is 12.4. The largest absolute Gasteiger partial charge is 0.391 e. The van der Waals surface area contributed by atoms with Crippen LogP contribution in [0.1, 0.15) is 54.1 Å². The number of hydrogen-bond acceptors (Lipinski definition) is 6. The summed E-state index contributed by atoms with van der Waals surface area (Å²) in [6.45, 7) is 3.74. The van der Waals surface area contributed by atoms with Crippen LogP contribution in [0.3, 0.4) is 0 Å². The quantitative estimate of drug-likeness (QED) is 0.746. The van der Waals surface area contributed by atoms with E-state index < -0.39 is 0 Å². The van der Waals surface area contributed by atoms with Crippen LogP contribution >= 0.6 is 0 Å². The number of carbonyl (C=O) groups is 1. The van der Waals surface area contributed by atoms with Gasteiger partial charge in [0.25, 0.3) is 5.91 Å². The van der Waals surface area contributed by atoms with Crippen LogP contribution in [0.15, 0.2) is 36.4 Å². The van der Waals surface area contributed by atoms with Crippen molar-refractivity contribution in [2.45, 2.75) is 44.1 Å². The summed E-state index contributed by atoms with van der Waals surface area (Å²) in [4.78, 5) is 26.6. The Morgan fingerprint density at radius 1 is 1.03 bits per heavy atom. The Morgan fingerprint density at radius 2 is 1.87 bits per heavy atom.